The fourth-order valence-corrected chi connectivity index (χ4v) is 2.90. The minimum absolute atomic E-state index is 0.0358. The second kappa shape index (κ2) is 6.36. The highest BCUT2D eigenvalue weighted by Crippen LogP contribution is 2.40. The summed E-state index contributed by atoms with van der Waals surface area (Å²) in [6.45, 7) is 1.38. The molecule has 1 saturated heterocycles. The molecule has 1 aromatic carbocycles. The van der Waals surface area contributed by atoms with E-state index < -0.39 is 6.09 Å². The SMILES string of the molecule is O=C(O)N[C@@H]1C[C@H]1c1cccc(C(=O)NC2CCOCC2)c1. The highest BCUT2D eigenvalue weighted by molar-refractivity contribution is 5.94. The molecule has 6 heteroatoms. The number of amides is 2. The summed E-state index contributed by atoms with van der Waals surface area (Å²) in [6.07, 6.45) is 1.48. The third-order valence-electron chi connectivity index (χ3n) is 4.23. The summed E-state index contributed by atoms with van der Waals surface area (Å²) in [7, 11) is 0. The first-order valence-electron chi connectivity index (χ1n) is 7.61. The summed E-state index contributed by atoms with van der Waals surface area (Å²) in [6, 6.07) is 7.59. The van der Waals surface area contributed by atoms with Gasteiger partial charge in [0.05, 0.1) is 0 Å². The Bertz CT molecular complexity index is 569. The van der Waals surface area contributed by atoms with Crippen molar-refractivity contribution in [3.05, 3.63) is 35.4 Å². The molecule has 2 fully saturated rings. The quantitative estimate of drug-likeness (QED) is 0.790. The normalized spacial score (nSPS) is 24.5. The lowest BCUT2D eigenvalue weighted by Gasteiger charge is -2.23. The first kappa shape index (κ1) is 14.8. The third-order valence-corrected chi connectivity index (χ3v) is 4.23. The predicted octanol–water partition coefficient (Wildman–Crippen LogP) is 1.72. The largest absolute Gasteiger partial charge is 0.465 e. The molecule has 22 heavy (non-hydrogen) atoms. The van der Waals surface area contributed by atoms with Crippen LogP contribution < -0.4 is 10.6 Å². The molecule has 2 atom stereocenters. The van der Waals surface area contributed by atoms with Gasteiger partial charge in [-0.05, 0) is 37.0 Å². The fraction of sp³-hybridized carbons (Fsp3) is 0.500. The molecule has 1 heterocycles. The molecule has 3 N–H and O–H groups in total. The van der Waals surface area contributed by atoms with Gasteiger partial charge in [-0.2, -0.15) is 0 Å². The Hall–Kier alpha value is -2.08. The van der Waals surface area contributed by atoms with Crippen molar-refractivity contribution < 1.29 is 19.4 Å². The molecule has 3 rings (SSSR count). The Morgan fingerprint density at radius 2 is 1.95 bits per heavy atom. The Morgan fingerprint density at radius 3 is 2.68 bits per heavy atom. The summed E-state index contributed by atoms with van der Waals surface area (Å²) < 4.78 is 5.28. The van der Waals surface area contributed by atoms with Gasteiger partial charge in [-0.15, -0.1) is 0 Å². The summed E-state index contributed by atoms with van der Waals surface area (Å²) in [5, 5.41) is 14.2. The number of ether oxygens (including phenoxy) is 1. The molecule has 6 nitrogen and oxygen atoms in total. The Labute approximate surface area is 128 Å². The zero-order valence-electron chi connectivity index (χ0n) is 12.2. The number of benzene rings is 1. The minimum Gasteiger partial charge on any atom is -0.465 e. The van der Waals surface area contributed by atoms with Gasteiger partial charge in [0.25, 0.3) is 5.91 Å². The van der Waals surface area contributed by atoms with E-state index in [0.29, 0.717) is 18.8 Å². The molecule has 1 aliphatic carbocycles. The number of hydrogen-bond acceptors (Lipinski definition) is 3. The monoisotopic (exact) mass is 304 g/mol. The van der Waals surface area contributed by atoms with Crippen molar-refractivity contribution in [1.82, 2.24) is 10.6 Å². The smallest absolute Gasteiger partial charge is 0.404 e. The van der Waals surface area contributed by atoms with Gasteiger partial charge < -0.3 is 20.5 Å². The average Bonchev–Trinajstić information content (AvgIpc) is 3.27. The third kappa shape index (κ3) is 3.57. The molecule has 0 spiro atoms. The van der Waals surface area contributed by atoms with E-state index in [1.807, 2.05) is 18.2 Å². The number of carbonyl (C=O) groups excluding carboxylic acids is 1. The van der Waals surface area contributed by atoms with Gasteiger partial charge >= 0.3 is 6.09 Å². The number of carbonyl (C=O) groups is 2. The maximum atomic E-state index is 12.3. The first-order chi connectivity index (χ1) is 10.6. The Morgan fingerprint density at radius 1 is 1.18 bits per heavy atom. The molecule has 0 bridgehead atoms. The molecule has 0 aromatic heterocycles. The molecule has 0 unspecified atom stereocenters. The van der Waals surface area contributed by atoms with Crippen LogP contribution in [-0.4, -0.2) is 42.4 Å². The van der Waals surface area contributed by atoms with Crippen LogP contribution in [0.3, 0.4) is 0 Å². The summed E-state index contributed by atoms with van der Waals surface area (Å²) in [4.78, 5) is 22.9. The second-order valence-electron chi connectivity index (χ2n) is 5.88. The zero-order valence-corrected chi connectivity index (χ0v) is 12.2. The fourth-order valence-electron chi connectivity index (χ4n) is 2.90. The standard InChI is InChI=1S/C16H20N2O4/c19-15(17-12-4-6-22-7-5-12)11-3-1-2-10(8-11)13-9-14(13)18-16(20)21/h1-3,8,12-14,18H,4-7,9H2,(H,17,19)(H,20,21)/t13-,14+/m0/s1. The zero-order chi connectivity index (χ0) is 15.5. The van der Waals surface area contributed by atoms with Gasteiger partial charge in [-0.1, -0.05) is 12.1 Å². The summed E-state index contributed by atoms with van der Waals surface area (Å²) in [5.74, 6) is 0.101. The van der Waals surface area contributed by atoms with Gasteiger partial charge in [-0.3, -0.25) is 4.79 Å². The molecule has 1 saturated carbocycles. The van der Waals surface area contributed by atoms with E-state index in [1.165, 1.54) is 0 Å². The Kier molecular flexibility index (Phi) is 4.29. The van der Waals surface area contributed by atoms with Gasteiger partial charge in [0, 0.05) is 36.8 Å². The van der Waals surface area contributed by atoms with Crippen molar-refractivity contribution in [3.8, 4) is 0 Å². The van der Waals surface area contributed by atoms with Crippen LogP contribution in [0.2, 0.25) is 0 Å². The minimum atomic E-state index is -0.999. The lowest BCUT2D eigenvalue weighted by Crippen LogP contribution is -2.38. The van der Waals surface area contributed by atoms with E-state index in [4.69, 9.17) is 9.84 Å². The molecule has 2 amide bonds. The van der Waals surface area contributed by atoms with Crippen molar-refractivity contribution in [3.63, 3.8) is 0 Å². The van der Waals surface area contributed by atoms with Crippen LogP contribution in [0.15, 0.2) is 24.3 Å². The molecule has 1 aromatic rings. The number of hydrogen-bond donors (Lipinski definition) is 3. The maximum absolute atomic E-state index is 12.3. The Balaban J connectivity index is 1.61. The van der Waals surface area contributed by atoms with Crippen LogP contribution in [0.5, 0.6) is 0 Å². The van der Waals surface area contributed by atoms with Crippen LogP contribution in [0.1, 0.15) is 41.1 Å². The van der Waals surface area contributed by atoms with Gasteiger partial charge in [0.1, 0.15) is 0 Å². The molecular weight excluding hydrogens is 284 g/mol. The van der Waals surface area contributed by atoms with Crippen molar-refractivity contribution in [1.29, 1.82) is 0 Å². The van der Waals surface area contributed by atoms with E-state index >= 15 is 0 Å². The van der Waals surface area contributed by atoms with Gasteiger partial charge in [0.2, 0.25) is 0 Å². The molecule has 1 aliphatic heterocycles. The maximum Gasteiger partial charge on any atom is 0.404 e. The van der Waals surface area contributed by atoms with E-state index in [-0.39, 0.29) is 23.9 Å². The van der Waals surface area contributed by atoms with Crippen molar-refractivity contribution >= 4 is 12.0 Å². The number of rotatable bonds is 4. The lowest BCUT2D eigenvalue weighted by atomic mass is 10.0. The summed E-state index contributed by atoms with van der Waals surface area (Å²) in [5.41, 5.74) is 1.64. The highest BCUT2D eigenvalue weighted by Gasteiger charge is 2.39. The predicted molar refractivity (Wildman–Crippen MR) is 80.1 cm³/mol. The van der Waals surface area contributed by atoms with Gasteiger partial charge in [-0.25, -0.2) is 4.79 Å². The lowest BCUT2D eigenvalue weighted by molar-refractivity contribution is 0.0696. The molecule has 118 valence electrons. The van der Waals surface area contributed by atoms with Crippen LogP contribution in [0, 0.1) is 0 Å². The van der Waals surface area contributed by atoms with Crippen LogP contribution >= 0.6 is 0 Å². The topological polar surface area (TPSA) is 87.7 Å². The average molecular weight is 304 g/mol. The van der Waals surface area contributed by atoms with E-state index in [1.54, 1.807) is 6.07 Å². The first-order valence-corrected chi connectivity index (χ1v) is 7.61. The van der Waals surface area contributed by atoms with Crippen LogP contribution in [0.4, 0.5) is 4.79 Å². The number of nitrogens with one attached hydrogen (secondary N) is 2. The number of carboxylic acid groups (broad SMARTS) is 1. The van der Waals surface area contributed by atoms with E-state index in [9.17, 15) is 9.59 Å². The van der Waals surface area contributed by atoms with E-state index in [0.717, 1.165) is 24.8 Å². The molecular formula is C16H20N2O4. The van der Waals surface area contributed by atoms with Crippen molar-refractivity contribution in [2.24, 2.45) is 0 Å². The second-order valence-corrected chi connectivity index (χ2v) is 5.88. The van der Waals surface area contributed by atoms with Crippen molar-refractivity contribution in [2.75, 3.05) is 13.2 Å². The molecule has 2 aliphatic rings. The van der Waals surface area contributed by atoms with Crippen molar-refractivity contribution in [2.45, 2.75) is 37.3 Å². The summed E-state index contributed by atoms with van der Waals surface area (Å²) >= 11 is 0. The molecule has 0 radical (unpaired) electrons. The van der Waals surface area contributed by atoms with E-state index in [2.05, 4.69) is 10.6 Å². The van der Waals surface area contributed by atoms with Crippen LogP contribution in [-0.2, 0) is 4.74 Å². The highest BCUT2D eigenvalue weighted by atomic mass is 16.5. The van der Waals surface area contributed by atoms with Crippen LogP contribution in [0.25, 0.3) is 0 Å². The van der Waals surface area contributed by atoms with Gasteiger partial charge in [0.15, 0.2) is 0 Å².